The summed E-state index contributed by atoms with van der Waals surface area (Å²) < 4.78 is 31.7. The van der Waals surface area contributed by atoms with Crippen LogP contribution < -0.4 is 0 Å². The molecule has 2 heterocycles. The zero-order valence-electron chi connectivity index (χ0n) is 58.0. The van der Waals surface area contributed by atoms with E-state index in [1.807, 2.05) is 31.2 Å². The van der Waals surface area contributed by atoms with Gasteiger partial charge in [0.15, 0.2) is 0 Å². The van der Waals surface area contributed by atoms with Crippen molar-refractivity contribution in [3.63, 3.8) is 0 Å². The Kier molecular flexibility index (Phi) is 64.8. The monoisotopic (exact) mass is 1430 g/mol. The number of thioether (sulfide) groups is 4. The lowest BCUT2D eigenvalue weighted by atomic mass is 9.81. The van der Waals surface area contributed by atoms with Crippen molar-refractivity contribution >= 4 is 114 Å². The smallest absolute Gasteiger partial charge is 0.330 e. The molecule has 0 saturated heterocycles. The molecule has 2 N–H and O–H groups in total. The van der Waals surface area contributed by atoms with Crippen molar-refractivity contribution < 1.29 is 67.4 Å². The lowest BCUT2D eigenvalue weighted by Gasteiger charge is -2.26. The first kappa shape index (κ1) is 92.0. The number of hydrogen-bond donors (Lipinski definition) is 2. The van der Waals surface area contributed by atoms with Crippen molar-refractivity contribution in [3.05, 3.63) is 92.4 Å². The molecule has 6 atom stereocenters. The molecule has 6 unspecified atom stereocenters. The Morgan fingerprint density at radius 3 is 1.33 bits per heavy atom. The summed E-state index contributed by atoms with van der Waals surface area (Å²) >= 11 is 17.6. The molecular formula is C72H117N2O14S6+. The summed E-state index contributed by atoms with van der Waals surface area (Å²) in [7, 11) is 3.08. The number of rotatable bonds is 52. The first-order valence-electron chi connectivity index (χ1n) is 34.0. The van der Waals surface area contributed by atoms with E-state index in [0.717, 1.165) is 76.8 Å². The largest absolute Gasteiger partial charge is 0.481 e. The van der Waals surface area contributed by atoms with Crippen LogP contribution in [-0.4, -0.2) is 134 Å². The van der Waals surface area contributed by atoms with Crippen molar-refractivity contribution in [2.45, 2.75) is 231 Å². The number of aliphatic carboxylic acids is 2. The van der Waals surface area contributed by atoms with Gasteiger partial charge in [-0.3, -0.25) is 29.1 Å². The van der Waals surface area contributed by atoms with E-state index in [4.69, 9.17) is 38.6 Å². The fourth-order valence-electron chi connectivity index (χ4n) is 9.03. The number of carboxylic acid groups (broad SMARTS) is 2. The van der Waals surface area contributed by atoms with Crippen LogP contribution in [-0.2, 0) is 57.2 Å². The van der Waals surface area contributed by atoms with Crippen molar-refractivity contribution in [2.24, 2.45) is 17.8 Å². The molecule has 0 saturated carbocycles. The SMILES string of the molecule is C=CC(=O)OCCC[CH2+].C=CC(=O)OCCOC.CCCCCCCCCCCCSC(=S)SC(CC(C)C(=O)O)c1ccncc1.CCCCCCCCCCCCSC(=S)SC(CC(CC(CC(C)C(=O)O)c1ccncc1)C(=O)OCCOC)C(=O)OCCCC. The topological polar surface area (TPSA) is 224 Å². The fraction of sp³-hybridized carbons (Fsp3) is 0.681. The second kappa shape index (κ2) is 66.2. The molecule has 0 aliphatic rings. The van der Waals surface area contributed by atoms with E-state index in [0.29, 0.717) is 49.2 Å². The zero-order valence-corrected chi connectivity index (χ0v) is 62.9. The van der Waals surface area contributed by atoms with Gasteiger partial charge in [0.05, 0.1) is 57.5 Å². The number of carbonyl (C=O) groups excluding carboxylic acids is 4. The molecule has 0 aliphatic carbocycles. The van der Waals surface area contributed by atoms with Crippen LogP contribution in [0.15, 0.2) is 74.4 Å². The van der Waals surface area contributed by atoms with E-state index in [9.17, 15) is 39.0 Å². The molecule has 2 aromatic heterocycles. The summed E-state index contributed by atoms with van der Waals surface area (Å²) in [6, 6.07) is 7.61. The van der Waals surface area contributed by atoms with Gasteiger partial charge in [-0.25, -0.2) is 9.59 Å². The number of carboxylic acids is 2. The van der Waals surface area contributed by atoms with Crippen LogP contribution in [0.4, 0.5) is 0 Å². The van der Waals surface area contributed by atoms with Crippen molar-refractivity contribution in [3.8, 4) is 0 Å². The molecule has 0 radical (unpaired) electrons. The van der Waals surface area contributed by atoms with E-state index in [2.05, 4.69) is 58.1 Å². The summed E-state index contributed by atoms with van der Waals surface area (Å²) in [6.45, 7) is 21.8. The number of methoxy groups -OCH3 is 2. The predicted molar refractivity (Wildman–Crippen MR) is 400 cm³/mol. The summed E-state index contributed by atoms with van der Waals surface area (Å²) in [5.41, 5.74) is 1.99. The standard InChI is InChI=1S/C36H59NO7S3.C23H37NO2S3.C7H11O2.C6H10O3/c1-5-7-9-10-11-12-13-14-15-16-24-46-36(45)47-32(35(41)43-21-8-6-2)27-31(34(40)44-23-22-42-4)26-30(25-28(3)33(38)39)29-17-19-37-20-18-29;1-3-4-5-6-7-8-9-10-11-12-17-28-23(27)29-21(18-19(2)22(25)26)20-13-15-24-16-14-20;1-3-5-6-9-7(8)4-2;1-3-6(7)9-5-4-8-2/h17-20,28,30-32H,5-16,21-27H2,1-4H3,(H,38,39);13-16,19,21H,3-12,17-18H2,1-2H3,(H,25,26);4H,1-3,5-6H2;3H,1,4-5H2,2H3/q;;+1;. The van der Waals surface area contributed by atoms with Crippen LogP contribution in [0.1, 0.15) is 237 Å². The summed E-state index contributed by atoms with van der Waals surface area (Å²) in [5.74, 6) is -3.28. The number of carbonyl (C=O) groups is 6. The first-order valence-corrected chi connectivity index (χ1v) is 38.5. The summed E-state index contributed by atoms with van der Waals surface area (Å²) in [5, 5.41) is 18.3. The van der Waals surface area contributed by atoms with Gasteiger partial charge in [-0.1, -0.05) is 218 Å². The number of ether oxygens (including phenoxy) is 6. The number of aromatic nitrogens is 2. The third-order valence-electron chi connectivity index (χ3n) is 14.7. The van der Waals surface area contributed by atoms with Crippen LogP contribution in [0.2, 0.25) is 0 Å². The number of pyridine rings is 2. The molecule has 22 heteroatoms. The number of hydrogen-bond acceptors (Lipinski definition) is 20. The van der Waals surface area contributed by atoms with Gasteiger partial charge in [-0.15, -0.1) is 23.5 Å². The van der Waals surface area contributed by atoms with Gasteiger partial charge in [-0.2, -0.15) is 0 Å². The molecule has 0 amide bonds. The molecule has 2 rings (SSSR count). The van der Waals surface area contributed by atoms with Gasteiger partial charge in [-0.05, 0) is 97.8 Å². The number of unbranched alkanes of at least 4 members (excludes halogenated alkanes) is 20. The van der Waals surface area contributed by atoms with E-state index in [-0.39, 0.29) is 42.7 Å². The molecule has 0 aliphatic heterocycles. The van der Waals surface area contributed by atoms with E-state index < -0.39 is 46.9 Å². The van der Waals surface area contributed by atoms with Crippen LogP contribution in [0.5, 0.6) is 0 Å². The van der Waals surface area contributed by atoms with Gasteiger partial charge in [0.1, 0.15) is 25.5 Å². The lowest BCUT2D eigenvalue weighted by Crippen LogP contribution is -2.30. The normalized spacial score (nSPS) is 12.6. The van der Waals surface area contributed by atoms with Crippen LogP contribution in [0, 0.1) is 24.7 Å². The lowest BCUT2D eigenvalue weighted by molar-refractivity contribution is -0.151. The summed E-state index contributed by atoms with van der Waals surface area (Å²) in [4.78, 5) is 78.7. The van der Waals surface area contributed by atoms with Crippen LogP contribution >= 0.6 is 71.5 Å². The Balaban J connectivity index is 0. The van der Waals surface area contributed by atoms with Gasteiger partial charge in [0.2, 0.25) is 0 Å². The number of nitrogens with zero attached hydrogens (tertiary/aromatic N) is 2. The highest BCUT2D eigenvalue weighted by molar-refractivity contribution is 8.47. The van der Waals surface area contributed by atoms with Crippen LogP contribution in [0.3, 0.4) is 0 Å². The number of esters is 4. The Morgan fingerprint density at radius 1 is 0.500 bits per heavy atom. The second-order valence-corrected chi connectivity index (χ2v) is 29.8. The van der Waals surface area contributed by atoms with Crippen molar-refractivity contribution in [2.75, 3.05) is 65.4 Å². The van der Waals surface area contributed by atoms with Gasteiger partial charge >= 0.3 is 35.8 Å². The molecule has 2 aromatic rings. The van der Waals surface area contributed by atoms with E-state index in [1.165, 1.54) is 134 Å². The fourth-order valence-corrected chi connectivity index (χ4v) is 14.6. The van der Waals surface area contributed by atoms with E-state index >= 15 is 0 Å². The maximum atomic E-state index is 13.5. The number of thiocarbonyl (C=S) groups is 2. The first-order chi connectivity index (χ1) is 45.4. The van der Waals surface area contributed by atoms with Crippen molar-refractivity contribution in [1.29, 1.82) is 0 Å². The van der Waals surface area contributed by atoms with Gasteiger partial charge < -0.3 is 38.6 Å². The predicted octanol–water partition coefficient (Wildman–Crippen LogP) is 18.8. The Hall–Kier alpha value is -4.03. The quantitative estimate of drug-likeness (QED) is 0.0157. The minimum Gasteiger partial charge on any atom is -0.481 e. The zero-order chi connectivity index (χ0) is 70.2. The van der Waals surface area contributed by atoms with Crippen LogP contribution in [0.25, 0.3) is 0 Å². The molecule has 94 heavy (non-hydrogen) atoms. The highest BCUT2D eigenvalue weighted by Gasteiger charge is 2.34. The molecule has 534 valence electrons. The third-order valence-corrected chi connectivity index (χ3v) is 20.5. The van der Waals surface area contributed by atoms with Gasteiger partial charge in [0.25, 0.3) is 0 Å². The third kappa shape index (κ3) is 55.0. The minimum absolute atomic E-state index is 0.0665. The Bertz CT molecular complexity index is 2250. The molecule has 0 bridgehead atoms. The molecule has 0 fully saturated rings. The average Bonchev–Trinajstić information content (AvgIpc) is 0.903. The Morgan fingerprint density at radius 2 is 0.894 bits per heavy atom. The highest BCUT2D eigenvalue weighted by Crippen LogP contribution is 2.39. The second-order valence-electron chi connectivity index (χ2n) is 22.8. The summed E-state index contributed by atoms with van der Waals surface area (Å²) in [6.07, 6.45) is 39.8. The molecule has 16 nitrogen and oxygen atoms in total. The average molecular weight is 1430 g/mol. The molecule has 0 aromatic carbocycles. The van der Waals surface area contributed by atoms with E-state index in [1.54, 1.807) is 81.0 Å². The van der Waals surface area contributed by atoms with Gasteiger partial charge in [0, 0.05) is 62.8 Å². The van der Waals surface area contributed by atoms with Crippen molar-refractivity contribution in [1.82, 2.24) is 9.97 Å². The maximum absolute atomic E-state index is 13.5. The minimum atomic E-state index is -0.902. The Labute approximate surface area is 594 Å². The highest BCUT2D eigenvalue weighted by atomic mass is 32.2. The maximum Gasteiger partial charge on any atom is 0.330 e. The molecular weight excluding hydrogens is 1310 g/mol. The molecule has 0 spiro atoms.